The van der Waals surface area contributed by atoms with Gasteiger partial charge in [0.1, 0.15) is 0 Å². The molecule has 1 aliphatic rings. The second-order valence-corrected chi connectivity index (χ2v) is 6.41. The number of guanidine groups is 1. The smallest absolute Gasteiger partial charge is 0.191 e. The summed E-state index contributed by atoms with van der Waals surface area (Å²) in [7, 11) is 1.79. The Kier molecular flexibility index (Phi) is 9.16. The molecular formula is C17H25BrIN3O. The Morgan fingerprint density at radius 3 is 2.52 bits per heavy atom. The van der Waals surface area contributed by atoms with E-state index in [2.05, 4.69) is 62.4 Å². The maximum absolute atomic E-state index is 5.57. The van der Waals surface area contributed by atoms with Gasteiger partial charge >= 0.3 is 0 Å². The standard InChI is InChI=1S/C17H24BrN3O.HI/c1-3-10-20-16(19-2)21-13-17(8-11-22-12-9-17)14-4-6-15(18)7-5-14;/h3-7H,1,8-13H2,2H3,(H2,19,20,21);1H. The molecule has 2 N–H and O–H groups in total. The molecule has 0 amide bonds. The molecule has 1 aromatic carbocycles. The fourth-order valence-corrected chi connectivity index (χ4v) is 3.04. The summed E-state index contributed by atoms with van der Waals surface area (Å²) in [5, 5.41) is 6.67. The van der Waals surface area contributed by atoms with Gasteiger partial charge in [-0.05, 0) is 30.5 Å². The van der Waals surface area contributed by atoms with E-state index in [1.165, 1.54) is 5.56 Å². The lowest BCUT2D eigenvalue weighted by Gasteiger charge is -2.38. The fraction of sp³-hybridized carbons (Fsp3) is 0.471. The lowest BCUT2D eigenvalue weighted by Crippen LogP contribution is -2.48. The number of ether oxygens (including phenoxy) is 1. The highest BCUT2D eigenvalue weighted by molar-refractivity contribution is 14.0. The molecule has 0 spiro atoms. The number of aliphatic imine (C=N–C) groups is 1. The molecule has 1 aromatic rings. The van der Waals surface area contributed by atoms with Crippen LogP contribution in [0.15, 0.2) is 46.4 Å². The van der Waals surface area contributed by atoms with Crippen molar-refractivity contribution >= 4 is 45.9 Å². The van der Waals surface area contributed by atoms with E-state index < -0.39 is 0 Å². The Morgan fingerprint density at radius 1 is 1.30 bits per heavy atom. The van der Waals surface area contributed by atoms with Gasteiger partial charge in [0, 0.05) is 43.2 Å². The Labute approximate surface area is 164 Å². The van der Waals surface area contributed by atoms with Gasteiger partial charge in [0.05, 0.1) is 0 Å². The summed E-state index contributed by atoms with van der Waals surface area (Å²) in [6.45, 7) is 6.87. The second-order valence-electron chi connectivity index (χ2n) is 5.49. The largest absolute Gasteiger partial charge is 0.381 e. The van der Waals surface area contributed by atoms with Gasteiger partial charge in [0.2, 0.25) is 0 Å². The van der Waals surface area contributed by atoms with Crippen LogP contribution in [0, 0.1) is 0 Å². The van der Waals surface area contributed by atoms with Gasteiger partial charge in [-0.15, -0.1) is 30.6 Å². The molecule has 0 aliphatic carbocycles. The van der Waals surface area contributed by atoms with Gasteiger partial charge in [-0.1, -0.05) is 34.1 Å². The van der Waals surface area contributed by atoms with E-state index in [0.717, 1.165) is 43.0 Å². The van der Waals surface area contributed by atoms with Gasteiger partial charge in [-0.2, -0.15) is 0 Å². The average Bonchev–Trinajstić information content (AvgIpc) is 2.56. The zero-order valence-electron chi connectivity index (χ0n) is 13.5. The van der Waals surface area contributed by atoms with Crippen LogP contribution >= 0.6 is 39.9 Å². The number of halogens is 2. The van der Waals surface area contributed by atoms with Crippen molar-refractivity contribution in [3.63, 3.8) is 0 Å². The molecule has 1 saturated heterocycles. The van der Waals surface area contributed by atoms with Crippen molar-refractivity contribution in [1.82, 2.24) is 10.6 Å². The zero-order chi connectivity index (χ0) is 15.8. The minimum absolute atomic E-state index is 0. The molecule has 6 heteroatoms. The van der Waals surface area contributed by atoms with Crippen LogP contribution in [0.5, 0.6) is 0 Å². The van der Waals surface area contributed by atoms with Gasteiger partial charge in [-0.25, -0.2) is 0 Å². The minimum Gasteiger partial charge on any atom is -0.381 e. The third-order valence-corrected chi connectivity index (χ3v) is 4.67. The van der Waals surface area contributed by atoms with Crippen molar-refractivity contribution in [2.75, 3.05) is 33.4 Å². The lowest BCUT2D eigenvalue weighted by molar-refractivity contribution is 0.0514. The van der Waals surface area contributed by atoms with Crippen molar-refractivity contribution in [3.05, 3.63) is 47.0 Å². The SMILES string of the molecule is C=CCNC(=NC)NCC1(c2ccc(Br)cc2)CCOCC1.I. The van der Waals surface area contributed by atoms with Crippen LogP contribution in [0.1, 0.15) is 18.4 Å². The predicted molar refractivity (Wildman–Crippen MR) is 111 cm³/mol. The van der Waals surface area contributed by atoms with E-state index >= 15 is 0 Å². The Bertz CT molecular complexity index is 513. The van der Waals surface area contributed by atoms with E-state index in [1.807, 2.05) is 6.08 Å². The van der Waals surface area contributed by atoms with E-state index in [1.54, 1.807) is 7.05 Å². The zero-order valence-corrected chi connectivity index (χ0v) is 17.4. The molecule has 0 atom stereocenters. The fourth-order valence-electron chi connectivity index (χ4n) is 2.78. The van der Waals surface area contributed by atoms with Crippen molar-refractivity contribution in [3.8, 4) is 0 Å². The first-order valence-corrected chi connectivity index (χ1v) is 8.39. The van der Waals surface area contributed by atoms with Crippen molar-refractivity contribution in [1.29, 1.82) is 0 Å². The van der Waals surface area contributed by atoms with Crippen LogP contribution in [-0.4, -0.2) is 39.3 Å². The molecule has 0 unspecified atom stereocenters. The van der Waals surface area contributed by atoms with Crippen LogP contribution in [0.25, 0.3) is 0 Å². The van der Waals surface area contributed by atoms with Crippen LogP contribution in [0.3, 0.4) is 0 Å². The summed E-state index contributed by atoms with van der Waals surface area (Å²) in [4.78, 5) is 4.26. The van der Waals surface area contributed by atoms with E-state index in [0.29, 0.717) is 6.54 Å². The van der Waals surface area contributed by atoms with Crippen LogP contribution in [-0.2, 0) is 10.2 Å². The molecule has 0 radical (unpaired) electrons. The first-order chi connectivity index (χ1) is 10.7. The molecule has 1 aliphatic heterocycles. The molecule has 4 nitrogen and oxygen atoms in total. The molecule has 1 fully saturated rings. The number of nitrogens with zero attached hydrogens (tertiary/aromatic N) is 1. The van der Waals surface area contributed by atoms with Crippen molar-refractivity contribution in [2.24, 2.45) is 4.99 Å². The van der Waals surface area contributed by atoms with E-state index in [-0.39, 0.29) is 29.4 Å². The van der Waals surface area contributed by atoms with E-state index in [4.69, 9.17) is 4.74 Å². The summed E-state index contributed by atoms with van der Waals surface area (Å²) in [6.07, 6.45) is 3.85. The summed E-state index contributed by atoms with van der Waals surface area (Å²) in [5.74, 6) is 0.808. The number of nitrogens with one attached hydrogen (secondary N) is 2. The molecule has 23 heavy (non-hydrogen) atoms. The minimum atomic E-state index is 0. The van der Waals surface area contributed by atoms with Crippen LogP contribution in [0.2, 0.25) is 0 Å². The number of hydrogen-bond donors (Lipinski definition) is 2. The molecular weight excluding hydrogens is 469 g/mol. The Morgan fingerprint density at radius 2 is 1.96 bits per heavy atom. The third kappa shape index (κ3) is 5.76. The topological polar surface area (TPSA) is 45.7 Å². The summed E-state index contributed by atoms with van der Waals surface area (Å²) in [6, 6.07) is 8.63. The number of hydrogen-bond acceptors (Lipinski definition) is 2. The highest BCUT2D eigenvalue weighted by atomic mass is 127. The average molecular weight is 494 g/mol. The van der Waals surface area contributed by atoms with Gasteiger partial charge in [-0.3, -0.25) is 4.99 Å². The number of rotatable bonds is 5. The van der Waals surface area contributed by atoms with Gasteiger partial charge in [0.25, 0.3) is 0 Å². The first kappa shape index (κ1) is 20.4. The predicted octanol–water partition coefficient (Wildman–Crippen LogP) is 3.47. The quantitative estimate of drug-likeness (QED) is 0.286. The summed E-state index contributed by atoms with van der Waals surface area (Å²) in [5.41, 5.74) is 1.44. The monoisotopic (exact) mass is 493 g/mol. The van der Waals surface area contributed by atoms with Crippen molar-refractivity contribution < 1.29 is 4.74 Å². The third-order valence-electron chi connectivity index (χ3n) is 4.14. The van der Waals surface area contributed by atoms with Crippen molar-refractivity contribution in [2.45, 2.75) is 18.3 Å². The first-order valence-electron chi connectivity index (χ1n) is 7.59. The highest BCUT2D eigenvalue weighted by Crippen LogP contribution is 2.34. The molecule has 0 bridgehead atoms. The summed E-state index contributed by atoms with van der Waals surface area (Å²) >= 11 is 3.51. The van der Waals surface area contributed by atoms with E-state index in [9.17, 15) is 0 Å². The van der Waals surface area contributed by atoms with Crippen LogP contribution < -0.4 is 10.6 Å². The van der Waals surface area contributed by atoms with Gasteiger partial charge < -0.3 is 15.4 Å². The Hall–Kier alpha value is -0.600. The molecule has 128 valence electrons. The number of benzene rings is 1. The lowest BCUT2D eigenvalue weighted by atomic mass is 9.74. The maximum Gasteiger partial charge on any atom is 0.191 e. The van der Waals surface area contributed by atoms with Crippen LogP contribution in [0.4, 0.5) is 0 Å². The highest BCUT2D eigenvalue weighted by Gasteiger charge is 2.34. The second kappa shape index (κ2) is 10.3. The molecule has 0 saturated carbocycles. The molecule has 1 heterocycles. The van der Waals surface area contributed by atoms with Gasteiger partial charge in [0.15, 0.2) is 5.96 Å². The molecule has 0 aromatic heterocycles. The normalized spacial score (nSPS) is 17.0. The maximum atomic E-state index is 5.57. The molecule has 2 rings (SSSR count). The summed E-state index contributed by atoms with van der Waals surface area (Å²) < 4.78 is 6.68. The Balaban J connectivity index is 0.00000264.